The highest BCUT2D eigenvalue weighted by Gasteiger charge is 2.26. The normalized spacial score (nSPS) is 18.1. The van der Waals surface area contributed by atoms with E-state index in [1.807, 2.05) is 0 Å². The predicted molar refractivity (Wildman–Crippen MR) is 70.7 cm³/mol. The molecule has 0 aromatic carbocycles. The third kappa shape index (κ3) is 11.7. The molecule has 2 atom stereocenters. The average molecular weight is 319 g/mol. The first kappa shape index (κ1) is 19.2. The van der Waals surface area contributed by atoms with Gasteiger partial charge in [-0.15, -0.1) is 0 Å². The molecule has 0 amide bonds. The van der Waals surface area contributed by atoms with Gasteiger partial charge in [-0.3, -0.25) is 9.09 Å². The van der Waals surface area contributed by atoms with Gasteiger partial charge in [-0.1, -0.05) is 6.92 Å². The van der Waals surface area contributed by atoms with Gasteiger partial charge >= 0.3 is 15.4 Å². The standard InChI is InChI=1S/C9H23NO7P2/c1-4-18(11,12)16-6-8(5-9(2,3)10)7-17-19(13,14)15/h8H,4-7,10H2,1-3H3,(H,11,12)(H2,13,14,15). The van der Waals surface area contributed by atoms with Crippen molar-refractivity contribution in [3.63, 3.8) is 0 Å². The molecule has 0 bridgehead atoms. The highest BCUT2D eigenvalue weighted by atomic mass is 31.2. The Balaban J connectivity index is 4.51. The summed E-state index contributed by atoms with van der Waals surface area (Å²) in [7, 11) is -8.23. The van der Waals surface area contributed by atoms with Crippen LogP contribution in [0.4, 0.5) is 0 Å². The quantitative estimate of drug-likeness (QED) is 0.463. The van der Waals surface area contributed by atoms with Gasteiger partial charge in [0.05, 0.1) is 13.2 Å². The molecule has 0 aromatic heterocycles. The zero-order valence-electron chi connectivity index (χ0n) is 11.4. The monoisotopic (exact) mass is 319 g/mol. The van der Waals surface area contributed by atoms with Crippen molar-refractivity contribution in [2.45, 2.75) is 32.7 Å². The summed E-state index contributed by atoms with van der Waals surface area (Å²) in [6.45, 7) is 4.53. The van der Waals surface area contributed by atoms with Crippen molar-refractivity contribution in [3.05, 3.63) is 0 Å². The first-order valence-corrected chi connectivity index (χ1v) is 9.09. The van der Waals surface area contributed by atoms with E-state index in [0.717, 1.165) is 0 Å². The largest absolute Gasteiger partial charge is 0.469 e. The lowest BCUT2D eigenvalue weighted by molar-refractivity contribution is 0.116. The maximum absolute atomic E-state index is 11.4. The third-order valence-electron chi connectivity index (χ3n) is 2.20. The average Bonchev–Trinajstić information content (AvgIpc) is 2.19. The third-order valence-corrected chi connectivity index (χ3v) is 4.04. The zero-order chi connectivity index (χ0) is 15.3. The Morgan fingerprint density at radius 2 is 1.63 bits per heavy atom. The fourth-order valence-electron chi connectivity index (χ4n) is 1.43. The molecule has 0 heterocycles. The summed E-state index contributed by atoms with van der Waals surface area (Å²) in [6.07, 6.45) is 0.293. The van der Waals surface area contributed by atoms with Gasteiger partial charge in [-0.05, 0) is 20.3 Å². The van der Waals surface area contributed by atoms with Crippen LogP contribution in [0.15, 0.2) is 0 Å². The lowest BCUT2D eigenvalue weighted by Gasteiger charge is -2.26. The summed E-state index contributed by atoms with van der Waals surface area (Å²) >= 11 is 0. The Hall–Kier alpha value is 0.220. The Kier molecular flexibility index (Phi) is 7.38. The van der Waals surface area contributed by atoms with E-state index >= 15 is 0 Å². The van der Waals surface area contributed by atoms with Crippen LogP contribution in [0.1, 0.15) is 27.2 Å². The van der Waals surface area contributed by atoms with Crippen LogP contribution < -0.4 is 5.73 Å². The van der Waals surface area contributed by atoms with Gasteiger partial charge in [0.15, 0.2) is 0 Å². The molecule has 19 heavy (non-hydrogen) atoms. The van der Waals surface area contributed by atoms with E-state index in [9.17, 15) is 14.0 Å². The molecule has 2 unspecified atom stereocenters. The minimum Gasteiger partial charge on any atom is -0.326 e. The van der Waals surface area contributed by atoms with Crippen LogP contribution in [-0.4, -0.2) is 39.6 Å². The molecular weight excluding hydrogens is 296 g/mol. The predicted octanol–water partition coefficient (Wildman–Crippen LogP) is 1.06. The Morgan fingerprint density at radius 3 is 2.00 bits per heavy atom. The number of rotatable bonds is 9. The van der Waals surface area contributed by atoms with Gasteiger partial charge in [-0.25, -0.2) is 4.57 Å². The van der Waals surface area contributed by atoms with E-state index in [1.54, 1.807) is 13.8 Å². The second-order valence-corrected chi connectivity index (χ2v) is 8.50. The minimum atomic E-state index is -4.58. The van der Waals surface area contributed by atoms with E-state index < -0.39 is 26.9 Å². The van der Waals surface area contributed by atoms with E-state index in [4.69, 9.17) is 20.0 Å². The van der Waals surface area contributed by atoms with Crippen LogP contribution >= 0.6 is 15.4 Å². The SMILES string of the molecule is CCP(=O)(O)OCC(COP(=O)(O)O)CC(C)(C)N. The molecular formula is C9H23NO7P2. The van der Waals surface area contributed by atoms with Crippen LogP contribution in [0.25, 0.3) is 0 Å². The Bertz CT molecular complexity index is 362. The van der Waals surface area contributed by atoms with Crippen molar-refractivity contribution in [2.24, 2.45) is 11.7 Å². The maximum atomic E-state index is 11.4. The number of hydrogen-bond acceptors (Lipinski definition) is 5. The first-order valence-electron chi connectivity index (χ1n) is 5.80. The molecule has 0 fully saturated rings. The molecule has 0 aliphatic rings. The van der Waals surface area contributed by atoms with E-state index in [2.05, 4.69) is 4.52 Å². The molecule has 0 radical (unpaired) electrons. The van der Waals surface area contributed by atoms with Crippen LogP contribution in [0.2, 0.25) is 0 Å². The fourth-order valence-corrected chi connectivity index (χ4v) is 2.46. The number of hydrogen-bond donors (Lipinski definition) is 4. The van der Waals surface area contributed by atoms with E-state index in [-0.39, 0.29) is 19.4 Å². The highest BCUT2D eigenvalue weighted by molar-refractivity contribution is 7.52. The van der Waals surface area contributed by atoms with Crippen molar-refractivity contribution in [1.29, 1.82) is 0 Å². The second kappa shape index (κ2) is 7.29. The van der Waals surface area contributed by atoms with Gasteiger partial charge < -0.3 is 24.9 Å². The lowest BCUT2D eigenvalue weighted by atomic mass is 9.93. The van der Waals surface area contributed by atoms with Gasteiger partial charge in [0.2, 0.25) is 0 Å². The zero-order valence-corrected chi connectivity index (χ0v) is 13.1. The van der Waals surface area contributed by atoms with Gasteiger partial charge in [0.25, 0.3) is 0 Å². The van der Waals surface area contributed by atoms with E-state index in [1.165, 1.54) is 6.92 Å². The summed E-state index contributed by atoms with van der Waals surface area (Å²) in [6, 6.07) is 0. The molecule has 0 saturated heterocycles. The summed E-state index contributed by atoms with van der Waals surface area (Å²) in [4.78, 5) is 26.6. The van der Waals surface area contributed by atoms with E-state index in [0.29, 0.717) is 6.42 Å². The van der Waals surface area contributed by atoms with Crippen LogP contribution in [0.5, 0.6) is 0 Å². The van der Waals surface area contributed by atoms with Crippen LogP contribution in [-0.2, 0) is 18.2 Å². The van der Waals surface area contributed by atoms with Gasteiger partial charge in [0.1, 0.15) is 0 Å². The smallest absolute Gasteiger partial charge is 0.326 e. The molecule has 0 aliphatic carbocycles. The summed E-state index contributed by atoms with van der Waals surface area (Å²) in [5.74, 6) is -0.486. The number of phosphoric ester groups is 1. The Morgan fingerprint density at radius 1 is 1.16 bits per heavy atom. The second-order valence-electron chi connectivity index (χ2n) is 5.09. The lowest BCUT2D eigenvalue weighted by Crippen LogP contribution is -2.36. The van der Waals surface area contributed by atoms with Gasteiger partial charge in [0, 0.05) is 17.6 Å². The number of phosphoric acid groups is 1. The fraction of sp³-hybridized carbons (Fsp3) is 1.00. The molecule has 8 nitrogen and oxygen atoms in total. The molecule has 0 aromatic rings. The van der Waals surface area contributed by atoms with Gasteiger partial charge in [-0.2, -0.15) is 0 Å². The van der Waals surface area contributed by atoms with Crippen molar-refractivity contribution >= 4 is 15.4 Å². The molecule has 0 rings (SSSR count). The molecule has 10 heteroatoms. The van der Waals surface area contributed by atoms with Crippen molar-refractivity contribution in [2.75, 3.05) is 19.4 Å². The van der Waals surface area contributed by atoms with Crippen LogP contribution in [0, 0.1) is 5.92 Å². The Labute approximate surface area is 113 Å². The summed E-state index contributed by atoms with van der Waals surface area (Å²) < 4.78 is 31.3. The van der Waals surface area contributed by atoms with Crippen LogP contribution in [0.3, 0.4) is 0 Å². The summed E-state index contributed by atoms with van der Waals surface area (Å²) in [5.41, 5.74) is 5.20. The molecule has 116 valence electrons. The topological polar surface area (TPSA) is 139 Å². The van der Waals surface area contributed by atoms with Crippen molar-refractivity contribution in [3.8, 4) is 0 Å². The van der Waals surface area contributed by atoms with Crippen molar-refractivity contribution < 1.29 is 32.9 Å². The first-order chi connectivity index (χ1) is 8.35. The molecule has 5 N–H and O–H groups in total. The number of nitrogens with two attached hydrogens (primary N) is 1. The highest BCUT2D eigenvalue weighted by Crippen LogP contribution is 2.42. The minimum absolute atomic E-state index is 0.0366. The summed E-state index contributed by atoms with van der Waals surface area (Å²) in [5, 5.41) is 0. The molecule has 0 aliphatic heterocycles. The maximum Gasteiger partial charge on any atom is 0.469 e. The molecule has 0 saturated carbocycles. The molecule has 0 spiro atoms. The van der Waals surface area contributed by atoms with Crippen molar-refractivity contribution in [1.82, 2.24) is 0 Å².